The van der Waals surface area contributed by atoms with Crippen molar-refractivity contribution in [1.82, 2.24) is 0 Å². The second-order valence-electron chi connectivity index (χ2n) is 9.74. The van der Waals surface area contributed by atoms with Crippen LogP contribution in [0.2, 0.25) is 0 Å². The first kappa shape index (κ1) is 28.0. The van der Waals surface area contributed by atoms with E-state index in [-0.39, 0.29) is 24.1 Å². The average molecular weight is 503 g/mol. The molecule has 1 aromatic rings. The van der Waals surface area contributed by atoms with Crippen LogP contribution >= 0.6 is 0 Å². The standard InChI is InChI=1S/C29H42O7/c1-2-3-4-5-6-7-8-9-10-11-12-13-17-20-24(31)33-21-23(30)25-26-27(28(32)34-25)36-29(35-26)22-18-15-14-16-19-22/h14-16,18-19,23,25,29-30H,2-13,17,20-21H2,1H3. The SMILES string of the molecule is CCCCCCCCCCCCCCCC(=O)OCC(O)C1OC(=O)C2=C1OC(c1ccccc1)O2. The van der Waals surface area contributed by atoms with Crippen molar-refractivity contribution in [3.63, 3.8) is 0 Å². The molecule has 0 spiro atoms. The number of aliphatic hydroxyl groups is 1. The summed E-state index contributed by atoms with van der Waals surface area (Å²) in [5.41, 5.74) is 0.747. The van der Waals surface area contributed by atoms with Crippen LogP contribution in [0, 0.1) is 0 Å². The Morgan fingerprint density at radius 2 is 1.44 bits per heavy atom. The van der Waals surface area contributed by atoms with Gasteiger partial charge in [-0.2, -0.15) is 0 Å². The lowest BCUT2D eigenvalue weighted by molar-refractivity contribution is -0.164. The van der Waals surface area contributed by atoms with Crippen LogP contribution in [0.1, 0.15) is 109 Å². The summed E-state index contributed by atoms with van der Waals surface area (Å²) < 4.78 is 21.7. The van der Waals surface area contributed by atoms with Gasteiger partial charge in [0.15, 0.2) is 11.9 Å². The van der Waals surface area contributed by atoms with E-state index in [1.54, 1.807) is 0 Å². The molecule has 36 heavy (non-hydrogen) atoms. The van der Waals surface area contributed by atoms with Crippen LogP contribution in [0.25, 0.3) is 0 Å². The summed E-state index contributed by atoms with van der Waals surface area (Å²) in [5, 5.41) is 10.5. The predicted octanol–water partition coefficient (Wildman–Crippen LogP) is 6.25. The summed E-state index contributed by atoms with van der Waals surface area (Å²) in [6, 6.07) is 9.19. The zero-order valence-electron chi connectivity index (χ0n) is 21.6. The van der Waals surface area contributed by atoms with Gasteiger partial charge in [0.1, 0.15) is 12.7 Å². The van der Waals surface area contributed by atoms with E-state index in [9.17, 15) is 14.7 Å². The third kappa shape index (κ3) is 8.84. The van der Waals surface area contributed by atoms with Gasteiger partial charge in [-0.3, -0.25) is 4.79 Å². The minimum absolute atomic E-state index is 0.0359. The fourth-order valence-corrected chi connectivity index (χ4v) is 4.55. The monoisotopic (exact) mass is 502 g/mol. The number of esters is 2. The molecule has 1 N–H and O–H groups in total. The van der Waals surface area contributed by atoms with Gasteiger partial charge in [0.05, 0.1) is 0 Å². The fourth-order valence-electron chi connectivity index (χ4n) is 4.55. The molecule has 0 amide bonds. The highest BCUT2D eigenvalue weighted by molar-refractivity contribution is 5.90. The van der Waals surface area contributed by atoms with Gasteiger partial charge in [-0.1, -0.05) is 114 Å². The Morgan fingerprint density at radius 1 is 0.861 bits per heavy atom. The second kappa shape index (κ2) is 15.5. The van der Waals surface area contributed by atoms with Crippen LogP contribution < -0.4 is 0 Å². The molecule has 2 aliphatic heterocycles. The third-order valence-corrected chi connectivity index (χ3v) is 6.68. The molecule has 2 heterocycles. The van der Waals surface area contributed by atoms with Gasteiger partial charge >= 0.3 is 11.9 Å². The van der Waals surface area contributed by atoms with E-state index in [1.165, 1.54) is 64.2 Å². The number of unbranched alkanes of at least 4 members (excludes halogenated alkanes) is 12. The number of ether oxygens (including phenoxy) is 4. The molecule has 0 radical (unpaired) electrons. The lowest BCUT2D eigenvalue weighted by atomic mass is 10.0. The quantitative estimate of drug-likeness (QED) is 0.187. The molecule has 0 bridgehead atoms. The van der Waals surface area contributed by atoms with Crippen LogP contribution in [0.5, 0.6) is 0 Å². The van der Waals surface area contributed by atoms with Crippen molar-refractivity contribution in [3.05, 3.63) is 47.4 Å². The van der Waals surface area contributed by atoms with Crippen LogP contribution in [0.3, 0.4) is 0 Å². The lowest BCUT2D eigenvalue weighted by Crippen LogP contribution is -2.34. The highest BCUT2D eigenvalue weighted by Crippen LogP contribution is 2.40. The highest BCUT2D eigenvalue weighted by atomic mass is 16.7. The topological polar surface area (TPSA) is 91.3 Å². The van der Waals surface area contributed by atoms with E-state index >= 15 is 0 Å². The van der Waals surface area contributed by atoms with Crippen LogP contribution in [0.15, 0.2) is 41.9 Å². The Balaban J connectivity index is 1.22. The summed E-state index contributed by atoms with van der Waals surface area (Å²) in [6.07, 6.45) is 13.4. The molecular weight excluding hydrogens is 460 g/mol. The van der Waals surface area contributed by atoms with Gasteiger partial charge in [-0.25, -0.2) is 4.79 Å². The number of carbonyl (C=O) groups excluding carboxylic acids is 2. The number of benzene rings is 1. The maximum Gasteiger partial charge on any atom is 0.378 e. The van der Waals surface area contributed by atoms with E-state index in [0.29, 0.717) is 6.42 Å². The molecule has 3 atom stereocenters. The first-order valence-corrected chi connectivity index (χ1v) is 13.8. The van der Waals surface area contributed by atoms with Crippen molar-refractivity contribution >= 4 is 11.9 Å². The number of hydrogen-bond donors (Lipinski definition) is 1. The summed E-state index contributed by atoms with van der Waals surface area (Å²) in [5.74, 6) is -0.938. The fraction of sp³-hybridized carbons (Fsp3) is 0.655. The van der Waals surface area contributed by atoms with Gasteiger partial charge in [0.2, 0.25) is 0 Å². The molecular formula is C29H42O7. The maximum absolute atomic E-state index is 12.1. The van der Waals surface area contributed by atoms with Crippen molar-refractivity contribution in [2.45, 2.75) is 115 Å². The smallest absolute Gasteiger partial charge is 0.378 e. The third-order valence-electron chi connectivity index (χ3n) is 6.68. The largest absolute Gasteiger partial charge is 0.463 e. The summed E-state index contributed by atoms with van der Waals surface area (Å²) in [6.45, 7) is 1.98. The number of aliphatic hydroxyl groups excluding tert-OH is 1. The van der Waals surface area contributed by atoms with E-state index in [1.807, 2.05) is 30.3 Å². The lowest BCUT2D eigenvalue weighted by Gasteiger charge is -2.21. The van der Waals surface area contributed by atoms with Gasteiger partial charge < -0.3 is 24.1 Å². The molecule has 0 aliphatic carbocycles. The second-order valence-corrected chi connectivity index (χ2v) is 9.74. The molecule has 0 saturated carbocycles. The van der Waals surface area contributed by atoms with E-state index in [0.717, 1.165) is 24.8 Å². The Labute approximate surface area is 215 Å². The minimum atomic E-state index is -1.23. The van der Waals surface area contributed by atoms with Crippen LogP contribution in [-0.4, -0.2) is 35.9 Å². The Hall–Kier alpha value is -2.54. The molecule has 0 aromatic heterocycles. The van der Waals surface area contributed by atoms with Crippen molar-refractivity contribution in [2.75, 3.05) is 6.61 Å². The molecule has 1 aromatic carbocycles. The van der Waals surface area contributed by atoms with Gasteiger partial charge in [-0.15, -0.1) is 0 Å². The maximum atomic E-state index is 12.1. The predicted molar refractivity (Wildman–Crippen MR) is 136 cm³/mol. The number of hydrogen-bond acceptors (Lipinski definition) is 7. The van der Waals surface area contributed by atoms with Crippen molar-refractivity contribution in [1.29, 1.82) is 0 Å². The molecule has 0 fully saturated rings. The first-order chi connectivity index (χ1) is 17.6. The van der Waals surface area contributed by atoms with Gasteiger partial charge in [0.25, 0.3) is 12.0 Å². The zero-order valence-corrected chi connectivity index (χ0v) is 21.6. The molecule has 0 saturated heterocycles. The molecule has 3 rings (SSSR count). The van der Waals surface area contributed by atoms with E-state index in [2.05, 4.69) is 6.92 Å². The van der Waals surface area contributed by atoms with E-state index in [4.69, 9.17) is 18.9 Å². The Kier molecular flexibility index (Phi) is 12.1. The summed E-state index contributed by atoms with van der Waals surface area (Å²) >= 11 is 0. The van der Waals surface area contributed by atoms with E-state index < -0.39 is 24.5 Å². The van der Waals surface area contributed by atoms with Gasteiger partial charge in [0, 0.05) is 12.0 Å². The normalized spacial score (nSPS) is 19.4. The van der Waals surface area contributed by atoms with Gasteiger partial charge in [-0.05, 0) is 6.42 Å². The molecule has 7 heteroatoms. The van der Waals surface area contributed by atoms with Crippen LogP contribution in [0.4, 0.5) is 0 Å². The number of carbonyl (C=O) groups is 2. The first-order valence-electron chi connectivity index (χ1n) is 13.8. The summed E-state index contributed by atoms with van der Waals surface area (Å²) in [4.78, 5) is 24.2. The Morgan fingerprint density at radius 3 is 2.06 bits per heavy atom. The molecule has 200 valence electrons. The Bertz CT molecular complexity index is 835. The highest BCUT2D eigenvalue weighted by Gasteiger charge is 2.48. The summed E-state index contributed by atoms with van der Waals surface area (Å²) in [7, 11) is 0. The molecule has 7 nitrogen and oxygen atoms in total. The molecule has 3 unspecified atom stereocenters. The number of cyclic esters (lactones) is 1. The van der Waals surface area contributed by atoms with Crippen LogP contribution in [-0.2, 0) is 28.5 Å². The molecule has 2 aliphatic rings. The zero-order chi connectivity index (χ0) is 25.6. The van der Waals surface area contributed by atoms with Crippen molar-refractivity contribution in [2.24, 2.45) is 0 Å². The van der Waals surface area contributed by atoms with Crippen molar-refractivity contribution < 1.29 is 33.6 Å². The minimum Gasteiger partial charge on any atom is -0.463 e. The average Bonchev–Trinajstić information content (AvgIpc) is 3.46. The van der Waals surface area contributed by atoms with Crippen molar-refractivity contribution in [3.8, 4) is 0 Å². The number of rotatable bonds is 18.